The summed E-state index contributed by atoms with van der Waals surface area (Å²) < 4.78 is 19.8. The maximum Gasteiger partial charge on any atom is 0.410 e. The van der Waals surface area contributed by atoms with Gasteiger partial charge in [-0.15, -0.1) is 0 Å². The lowest BCUT2D eigenvalue weighted by molar-refractivity contribution is 0.0240. The van der Waals surface area contributed by atoms with E-state index in [2.05, 4.69) is 9.88 Å². The summed E-state index contributed by atoms with van der Waals surface area (Å²) in [4.78, 5) is 27.2. The van der Waals surface area contributed by atoms with E-state index in [4.69, 9.17) is 21.3 Å². The molecular formula is C25H29ClFN5O2. The molecule has 3 heterocycles. The van der Waals surface area contributed by atoms with Crippen molar-refractivity contribution in [3.8, 4) is 11.3 Å². The summed E-state index contributed by atoms with van der Waals surface area (Å²) in [6.07, 6.45) is 1.48. The number of carbonyl (C=O) groups is 1. The first-order valence-corrected chi connectivity index (χ1v) is 11.6. The van der Waals surface area contributed by atoms with Crippen LogP contribution in [0.25, 0.3) is 22.2 Å². The Hall–Kier alpha value is -3.13. The van der Waals surface area contributed by atoms with Crippen LogP contribution in [-0.2, 0) is 4.74 Å². The van der Waals surface area contributed by atoms with Crippen LogP contribution in [0.4, 0.5) is 20.7 Å². The van der Waals surface area contributed by atoms with Crippen molar-refractivity contribution < 1.29 is 13.9 Å². The summed E-state index contributed by atoms with van der Waals surface area (Å²) in [6, 6.07) is 8.74. The quantitative estimate of drug-likeness (QED) is 0.507. The number of fused-ring (bicyclic) bond motifs is 1. The van der Waals surface area contributed by atoms with Crippen LogP contribution in [0, 0.1) is 5.82 Å². The number of hydrogen-bond donors (Lipinski definition) is 0. The highest BCUT2D eigenvalue weighted by atomic mass is 35.5. The molecule has 0 saturated carbocycles. The fraction of sp³-hybridized carbons (Fsp3) is 0.400. The maximum absolute atomic E-state index is 14.4. The predicted molar refractivity (Wildman–Crippen MR) is 134 cm³/mol. The number of benzene rings is 1. The van der Waals surface area contributed by atoms with Crippen LogP contribution in [0.1, 0.15) is 20.8 Å². The minimum absolute atomic E-state index is 0.285. The predicted octanol–water partition coefficient (Wildman–Crippen LogP) is 5.21. The number of nitrogens with zero attached hydrogens (tertiary/aromatic N) is 5. The van der Waals surface area contributed by atoms with E-state index in [0.717, 1.165) is 11.4 Å². The minimum Gasteiger partial charge on any atom is -0.444 e. The van der Waals surface area contributed by atoms with Gasteiger partial charge in [0, 0.05) is 57.4 Å². The minimum atomic E-state index is -0.506. The molecular weight excluding hydrogens is 457 g/mol. The molecule has 0 atom stereocenters. The van der Waals surface area contributed by atoms with Crippen molar-refractivity contribution in [2.75, 3.05) is 50.1 Å². The Bertz CT molecular complexity index is 1200. The molecule has 1 amide bonds. The molecule has 0 spiro atoms. The fourth-order valence-corrected chi connectivity index (χ4v) is 4.11. The topological polar surface area (TPSA) is 61.8 Å². The van der Waals surface area contributed by atoms with Crippen LogP contribution in [0.2, 0.25) is 5.02 Å². The smallest absolute Gasteiger partial charge is 0.410 e. The SMILES string of the molecule is CN(C)c1cc2nc(-c3ccc(N4CCN(C(=O)OC(C)(C)C)CC4)nc3)cc(Cl)c2cc1F. The van der Waals surface area contributed by atoms with E-state index in [1.807, 2.05) is 32.9 Å². The first-order chi connectivity index (χ1) is 16.0. The van der Waals surface area contributed by atoms with Crippen molar-refractivity contribution in [1.82, 2.24) is 14.9 Å². The Morgan fingerprint density at radius 2 is 1.82 bits per heavy atom. The first-order valence-electron chi connectivity index (χ1n) is 11.2. The Kier molecular flexibility index (Phi) is 6.53. The zero-order valence-electron chi connectivity index (χ0n) is 20.1. The van der Waals surface area contributed by atoms with Gasteiger partial charge in [0.2, 0.25) is 0 Å². The third-order valence-corrected chi connectivity index (χ3v) is 5.92. The molecule has 0 radical (unpaired) electrons. The molecule has 1 aliphatic rings. The summed E-state index contributed by atoms with van der Waals surface area (Å²) in [7, 11) is 3.57. The van der Waals surface area contributed by atoms with Crippen molar-refractivity contribution >= 4 is 40.1 Å². The van der Waals surface area contributed by atoms with Crippen LogP contribution in [-0.4, -0.2) is 66.8 Å². The lowest BCUT2D eigenvalue weighted by Crippen LogP contribution is -2.50. The molecule has 1 aromatic carbocycles. The molecule has 180 valence electrons. The molecule has 0 unspecified atom stereocenters. The van der Waals surface area contributed by atoms with Crippen molar-refractivity contribution in [1.29, 1.82) is 0 Å². The highest BCUT2D eigenvalue weighted by Gasteiger charge is 2.26. The number of halogens is 2. The Morgan fingerprint density at radius 3 is 2.41 bits per heavy atom. The molecule has 0 N–H and O–H groups in total. The van der Waals surface area contributed by atoms with E-state index >= 15 is 0 Å². The monoisotopic (exact) mass is 485 g/mol. The van der Waals surface area contributed by atoms with E-state index < -0.39 is 5.60 Å². The number of carbonyl (C=O) groups excluding carboxylic acids is 1. The standard InChI is InChI=1S/C25H29ClFN5O2/c1-25(2,3)34-24(33)32-10-8-31(9-11-32)23-7-6-16(15-28-23)20-13-18(26)17-12-19(27)22(30(4)5)14-21(17)29-20/h6-7,12-15H,8-11H2,1-5H3. The number of anilines is 2. The van der Waals surface area contributed by atoms with Gasteiger partial charge in [-0.1, -0.05) is 11.6 Å². The van der Waals surface area contributed by atoms with Gasteiger partial charge in [-0.3, -0.25) is 0 Å². The molecule has 3 aromatic rings. The van der Waals surface area contributed by atoms with Crippen molar-refractivity contribution in [3.05, 3.63) is 47.4 Å². The van der Waals surface area contributed by atoms with E-state index in [1.54, 1.807) is 42.2 Å². The van der Waals surface area contributed by atoms with Gasteiger partial charge >= 0.3 is 6.09 Å². The molecule has 1 saturated heterocycles. The Morgan fingerprint density at radius 1 is 1.12 bits per heavy atom. The van der Waals surface area contributed by atoms with Gasteiger partial charge in [0.05, 0.1) is 21.9 Å². The average Bonchev–Trinajstić information content (AvgIpc) is 2.78. The molecule has 1 aliphatic heterocycles. The lowest BCUT2D eigenvalue weighted by Gasteiger charge is -2.36. The number of hydrogen-bond acceptors (Lipinski definition) is 6. The zero-order valence-corrected chi connectivity index (χ0v) is 20.9. The molecule has 4 rings (SSSR count). The first kappa shape index (κ1) is 24.0. The van der Waals surface area contributed by atoms with Gasteiger partial charge in [-0.05, 0) is 51.1 Å². The van der Waals surface area contributed by atoms with Gasteiger partial charge in [-0.2, -0.15) is 0 Å². The number of amides is 1. The second-order valence-corrected chi connectivity index (χ2v) is 9.97. The largest absolute Gasteiger partial charge is 0.444 e. The molecule has 1 fully saturated rings. The fourth-order valence-electron chi connectivity index (χ4n) is 3.85. The van der Waals surface area contributed by atoms with Crippen molar-refractivity contribution in [3.63, 3.8) is 0 Å². The molecule has 7 nitrogen and oxygen atoms in total. The summed E-state index contributed by atoms with van der Waals surface area (Å²) in [5, 5.41) is 1.01. The summed E-state index contributed by atoms with van der Waals surface area (Å²) >= 11 is 6.46. The molecule has 2 aromatic heterocycles. The number of ether oxygens (including phenoxy) is 1. The zero-order chi connectivity index (χ0) is 24.6. The van der Waals surface area contributed by atoms with E-state index in [9.17, 15) is 9.18 Å². The number of piperazine rings is 1. The second kappa shape index (κ2) is 9.25. The Labute approximate surface area is 204 Å². The van der Waals surface area contributed by atoms with E-state index in [-0.39, 0.29) is 11.9 Å². The highest BCUT2D eigenvalue weighted by molar-refractivity contribution is 6.35. The third kappa shape index (κ3) is 5.17. The molecule has 0 bridgehead atoms. The maximum atomic E-state index is 14.4. The lowest BCUT2D eigenvalue weighted by atomic mass is 10.1. The van der Waals surface area contributed by atoms with Gasteiger partial charge in [0.15, 0.2) is 0 Å². The average molecular weight is 486 g/mol. The van der Waals surface area contributed by atoms with Crippen LogP contribution in [0.15, 0.2) is 36.5 Å². The second-order valence-electron chi connectivity index (χ2n) is 9.56. The van der Waals surface area contributed by atoms with E-state index in [1.165, 1.54) is 6.07 Å². The van der Waals surface area contributed by atoms with E-state index in [0.29, 0.717) is 53.5 Å². The highest BCUT2D eigenvalue weighted by Crippen LogP contribution is 2.32. The van der Waals surface area contributed by atoms with Gasteiger partial charge < -0.3 is 19.4 Å². The summed E-state index contributed by atoms with van der Waals surface area (Å²) in [5.41, 5.74) is 2.05. The normalized spacial score (nSPS) is 14.4. The number of aromatic nitrogens is 2. The van der Waals surface area contributed by atoms with Gasteiger partial charge in [0.25, 0.3) is 0 Å². The summed E-state index contributed by atoms with van der Waals surface area (Å²) in [6.45, 7) is 8.09. The van der Waals surface area contributed by atoms with Crippen molar-refractivity contribution in [2.24, 2.45) is 0 Å². The molecule has 9 heteroatoms. The van der Waals surface area contributed by atoms with Gasteiger partial charge in [0.1, 0.15) is 17.2 Å². The van der Waals surface area contributed by atoms with Crippen molar-refractivity contribution in [2.45, 2.75) is 26.4 Å². The number of pyridine rings is 2. The summed E-state index contributed by atoms with van der Waals surface area (Å²) in [5.74, 6) is 0.489. The van der Waals surface area contributed by atoms with Crippen LogP contribution < -0.4 is 9.80 Å². The number of rotatable bonds is 3. The van der Waals surface area contributed by atoms with Gasteiger partial charge in [-0.25, -0.2) is 19.2 Å². The van der Waals surface area contributed by atoms with Crippen LogP contribution in [0.5, 0.6) is 0 Å². The Balaban J connectivity index is 1.50. The van der Waals surface area contributed by atoms with Crippen LogP contribution in [0.3, 0.4) is 0 Å². The molecule has 34 heavy (non-hydrogen) atoms. The van der Waals surface area contributed by atoms with Crippen LogP contribution >= 0.6 is 11.6 Å². The molecule has 0 aliphatic carbocycles. The third-order valence-electron chi connectivity index (χ3n) is 5.61.